The van der Waals surface area contributed by atoms with Gasteiger partial charge in [-0.15, -0.1) is 0 Å². The van der Waals surface area contributed by atoms with Crippen LogP contribution in [0.4, 0.5) is 10.1 Å². The van der Waals surface area contributed by atoms with E-state index >= 15 is 0 Å². The molecular weight excluding hydrogens is 546 g/mol. The number of nitrogens with one attached hydrogen (secondary N) is 1. The molecule has 0 fully saturated rings. The van der Waals surface area contributed by atoms with E-state index in [-0.39, 0.29) is 23.7 Å². The average Bonchev–Trinajstić information content (AvgIpc) is 2.78. The van der Waals surface area contributed by atoms with Gasteiger partial charge in [0.05, 0.1) is 16.8 Å². The fourth-order valence-corrected chi connectivity index (χ4v) is 4.55. The van der Waals surface area contributed by atoms with Crippen LogP contribution in [0.3, 0.4) is 0 Å². The molecule has 0 aliphatic rings. The van der Waals surface area contributed by atoms with E-state index in [1.807, 2.05) is 41.5 Å². The summed E-state index contributed by atoms with van der Waals surface area (Å²) >= 11 is 6.13. The third-order valence-electron chi connectivity index (χ3n) is 4.80. The highest BCUT2D eigenvalue weighted by molar-refractivity contribution is 7.41. The molecule has 0 spiro atoms. The first-order valence-corrected chi connectivity index (χ1v) is 13.6. The third kappa shape index (κ3) is 9.71. The predicted molar refractivity (Wildman–Crippen MR) is 151 cm³/mol. The van der Waals surface area contributed by atoms with Gasteiger partial charge in [0, 0.05) is 29.0 Å². The summed E-state index contributed by atoms with van der Waals surface area (Å²) in [7, 11) is -1.73. The van der Waals surface area contributed by atoms with Crippen molar-refractivity contribution in [2.75, 3.05) is 5.32 Å². The lowest BCUT2D eigenvalue weighted by Gasteiger charge is -2.30. The molecule has 0 aliphatic carbocycles. The van der Waals surface area contributed by atoms with Crippen molar-refractivity contribution in [3.8, 4) is 11.5 Å². The average molecular weight is 579 g/mol. The van der Waals surface area contributed by atoms with E-state index in [9.17, 15) is 14.0 Å². The van der Waals surface area contributed by atoms with Gasteiger partial charge < -0.3 is 19.1 Å². The molecule has 1 heterocycles. The first-order chi connectivity index (χ1) is 18.1. The minimum absolute atomic E-state index is 0.100. The van der Waals surface area contributed by atoms with Gasteiger partial charge in [-0.25, -0.2) is 4.39 Å². The SMILES string of the molecule is Cc1cc(F)ccc1Oc1cc(Cl)ccc1C(=O)Nc1ccn(COP(OC(C)(C)C)OC(C)(C)C)c(=O)c1. The topological polar surface area (TPSA) is 88.0 Å². The van der Waals surface area contributed by atoms with Crippen LogP contribution in [0, 0.1) is 12.7 Å². The summed E-state index contributed by atoms with van der Waals surface area (Å²) in [5.74, 6) is -0.358. The summed E-state index contributed by atoms with van der Waals surface area (Å²) in [6.45, 7) is 12.9. The van der Waals surface area contributed by atoms with Crippen LogP contribution in [0.1, 0.15) is 57.5 Å². The molecule has 0 aliphatic heterocycles. The van der Waals surface area contributed by atoms with E-state index in [1.54, 1.807) is 19.1 Å². The molecule has 1 aromatic heterocycles. The predicted octanol–water partition coefficient (Wildman–Crippen LogP) is 7.83. The fourth-order valence-electron chi connectivity index (χ4n) is 3.13. The first kappa shape index (κ1) is 30.7. The van der Waals surface area contributed by atoms with E-state index in [0.29, 0.717) is 16.3 Å². The van der Waals surface area contributed by atoms with Crippen LogP contribution in [0.2, 0.25) is 5.02 Å². The summed E-state index contributed by atoms with van der Waals surface area (Å²) in [5.41, 5.74) is -0.398. The Labute approximate surface area is 234 Å². The monoisotopic (exact) mass is 578 g/mol. The molecule has 2 aromatic carbocycles. The molecule has 3 aromatic rings. The molecule has 210 valence electrons. The Morgan fingerprint density at radius 1 is 0.974 bits per heavy atom. The number of hydrogen-bond donors (Lipinski definition) is 1. The van der Waals surface area contributed by atoms with Crippen molar-refractivity contribution < 1.29 is 27.5 Å². The number of benzene rings is 2. The van der Waals surface area contributed by atoms with Gasteiger partial charge in [-0.1, -0.05) is 11.6 Å². The highest BCUT2D eigenvalue weighted by atomic mass is 35.5. The Morgan fingerprint density at radius 2 is 1.64 bits per heavy atom. The van der Waals surface area contributed by atoms with Crippen molar-refractivity contribution in [1.82, 2.24) is 4.57 Å². The second kappa shape index (κ2) is 12.6. The zero-order valence-corrected chi connectivity index (χ0v) is 24.7. The molecular formula is C28H33ClFN2O6P. The molecule has 1 N–H and O–H groups in total. The Bertz CT molecular complexity index is 1370. The Morgan fingerprint density at radius 3 is 2.23 bits per heavy atom. The van der Waals surface area contributed by atoms with Crippen molar-refractivity contribution in [3.63, 3.8) is 0 Å². The number of anilines is 1. The molecule has 8 nitrogen and oxygen atoms in total. The van der Waals surface area contributed by atoms with Crippen LogP contribution in [0.15, 0.2) is 59.5 Å². The van der Waals surface area contributed by atoms with Crippen molar-refractivity contribution in [2.24, 2.45) is 0 Å². The molecule has 0 saturated carbocycles. The van der Waals surface area contributed by atoms with Crippen LogP contribution in [-0.4, -0.2) is 21.7 Å². The van der Waals surface area contributed by atoms with E-state index < -0.39 is 37.1 Å². The van der Waals surface area contributed by atoms with Crippen LogP contribution in [0.5, 0.6) is 11.5 Å². The van der Waals surface area contributed by atoms with Gasteiger partial charge in [-0.2, -0.15) is 0 Å². The van der Waals surface area contributed by atoms with Crippen molar-refractivity contribution in [3.05, 3.63) is 87.0 Å². The highest BCUT2D eigenvalue weighted by Crippen LogP contribution is 2.47. The van der Waals surface area contributed by atoms with Gasteiger partial charge in [0.15, 0.2) is 0 Å². The van der Waals surface area contributed by atoms with Gasteiger partial charge in [0.25, 0.3) is 11.5 Å². The quantitative estimate of drug-likeness (QED) is 0.260. The van der Waals surface area contributed by atoms with Crippen LogP contribution < -0.4 is 15.6 Å². The van der Waals surface area contributed by atoms with E-state index in [1.165, 1.54) is 47.2 Å². The minimum atomic E-state index is -1.73. The summed E-state index contributed by atoms with van der Waals surface area (Å²) in [6.07, 6.45) is 1.50. The lowest BCUT2D eigenvalue weighted by atomic mass is 10.1. The number of carbonyl (C=O) groups excluding carboxylic acids is 1. The number of hydrogen-bond acceptors (Lipinski definition) is 6. The van der Waals surface area contributed by atoms with Crippen LogP contribution >= 0.6 is 20.2 Å². The van der Waals surface area contributed by atoms with Gasteiger partial charge in [-0.05, 0) is 90.4 Å². The fraction of sp³-hybridized carbons (Fsp3) is 0.357. The highest BCUT2D eigenvalue weighted by Gasteiger charge is 2.27. The second-order valence-electron chi connectivity index (χ2n) is 10.7. The van der Waals surface area contributed by atoms with Crippen LogP contribution in [-0.2, 0) is 20.3 Å². The van der Waals surface area contributed by atoms with Crippen molar-refractivity contribution >= 4 is 31.8 Å². The van der Waals surface area contributed by atoms with Crippen molar-refractivity contribution in [2.45, 2.75) is 66.4 Å². The molecule has 0 saturated heterocycles. The number of nitrogens with zero attached hydrogens (tertiary/aromatic N) is 1. The maximum Gasteiger partial charge on any atom is 0.335 e. The molecule has 0 radical (unpaired) electrons. The van der Waals surface area contributed by atoms with Gasteiger partial charge in [-0.3, -0.25) is 18.7 Å². The number of amides is 1. The molecule has 1 amide bonds. The van der Waals surface area contributed by atoms with Crippen molar-refractivity contribution in [1.29, 1.82) is 0 Å². The van der Waals surface area contributed by atoms with Gasteiger partial charge >= 0.3 is 8.60 Å². The first-order valence-electron chi connectivity index (χ1n) is 12.2. The number of aryl methyl sites for hydroxylation is 1. The molecule has 39 heavy (non-hydrogen) atoms. The summed E-state index contributed by atoms with van der Waals surface area (Å²) in [4.78, 5) is 25.8. The van der Waals surface area contributed by atoms with Gasteiger partial charge in [0.1, 0.15) is 24.0 Å². The maximum absolute atomic E-state index is 13.5. The number of halogens is 2. The smallest absolute Gasteiger partial charge is 0.335 e. The van der Waals surface area contributed by atoms with E-state index in [4.69, 9.17) is 29.9 Å². The largest absolute Gasteiger partial charge is 0.456 e. The molecule has 0 atom stereocenters. The Balaban J connectivity index is 1.74. The number of ether oxygens (including phenoxy) is 1. The number of rotatable bonds is 9. The number of carbonyl (C=O) groups is 1. The summed E-state index contributed by atoms with van der Waals surface area (Å²) < 4.78 is 38.3. The number of pyridine rings is 1. The Kier molecular flexibility index (Phi) is 9.91. The second-order valence-corrected chi connectivity index (χ2v) is 12.2. The molecule has 3 rings (SSSR count). The van der Waals surface area contributed by atoms with Gasteiger partial charge in [0.2, 0.25) is 0 Å². The molecule has 11 heteroatoms. The third-order valence-corrected chi connectivity index (χ3v) is 6.75. The lowest BCUT2D eigenvalue weighted by Crippen LogP contribution is -2.25. The Hall–Kier alpha value is -2.81. The molecule has 0 unspecified atom stereocenters. The number of aromatic nitrogens is 1. The molecule has 0 bridgehead atoms. The van der Waals surface area contributed by atoms with Crippen LogP contribution in [0.25, 0.3) is 0 Å². The summed E-state index contributed by atoms with van der Waals surface area (Å²) in [5, 5.41) is 3.06. The zero-order valence-electron chi connectivity index (χ0n) is 23.0. The minimum Gasteiger partial charge on any atom is -0.456 e. The zero-order chi connectivity index (χ0) is 29.0. The summed E-state index contributed by atoms with van der Waals surface area (Å²) in [6, 6.07) is 11.5. The van der Waals surface area contributed by atoms with E-state index in [0.717, 1.165) is 0 Å². The van der Waals surface area contributed by atoms with E-state index in [2.05, 4.69) is 5.32 Å². The lowest BCUT2D eigenvalue weighted by molar-refractivity contribution is 0.0231. The maximum atomic E-state index is 13.5. The standard InChI is InChI=1S/C28H33ClFN2O6P/c1-18-14-20(30)9-11-23(18)36-24-15-19(29)8-10-22(24)26(34)31-21-12-13-32(25(33)16-21)17-35-39(37-27(2,3)4)38-28(5,6)7/h8-16H,17H2,1-7H3,(H,31,34). The normalized spacial score (nSPS) is 12.1.